The Labute approximate surface area is 113 Å². The van der Waals surface area contributed by atoms with Crippen LogP contribution in [-0.4, -0.2) is 41.6 Å². The van der Waals surface area contributed by atoms with Crippen molar-refractivity contribution in [2.45, 2.75) is 45.6 Å². The molecule has 0 aliphatic heterocycles. The summed E-state index contributed by atoms with van der Waals surface area (Å²) in [7, 11) is 0. The van der Waals surface area contributed by atoms with Crippen molar-refractivity contribution in [1.29, 1.82) is 0 Å². The fraction of sp³-hybridized carbons (Fsp3) is 0.750. The van der Waals surface area contributed by atoms with E-state index < -0.39 is 17.5 Å². The number of carboxylic acids is 1. The van der Waals surface area contributed by atoms with Crippen molar-refractivity contribution in [3.63, 3.8) is 0 Å². The molecule has 0 aromatic carbocycles. The average molecular weight is 273 g/mol. The van der Waals surface area contributed by atoms with Gasteiger partial charge in [0.25, 0.3) is 0 Å². The SMILES string of the molecule is CCNC(=O)CCNC(=O)NC(C)(C)CCC(=O)O. The topological polar surface area (TPSA) is 108 Å². The minimum atomic E-state index is -0.897. The third-order valence-corrected chi connectivity index (χ3v) is 2.43. The van der Waals surface area contributed by atoms with Gasteiger partial charge >= 0.3 is 12.0 Å². The minimum absolute atomic E-state index is 0.00775. The number of nitrogens with one attached hydrogen (secondary N) is 3. The molecule has 0 rings (SSSR count). The summed E-state index contributed by atoms with van der Waals surface area (Å²) in [4.78, 5) is 33.1. The van der Waals surface area contributed by atoms with Crippen LogP contribution in [0, 0.1) is 0 Å². The molecule has 0 aromatic rings. The number of carbonyl (C=O) groups is 3. The molecule has 7 heteroatoms. The van der Waals surface area contributed by atoms with E-state index in [1.165, 1.54) is 0 Å². The van der Waals surface area contributed by atoms with E-state index in [9.17, 15) is 14.4 Å². The van der Waals surface area contributed by atoms with Gasteiger partial charge in [-0.1, -0.05) is 0 Å². The predicted molar refractivity (Wildman–Crippen MR) is 70.8 cm³/mol. The molecule has 110 valence electrons. The second-order valence-electron chi connectivity index (χ2n) is 4.86. The van der Waals surface area contributed by atoms with Crippen molar-refractivity contribution in [3.05, 3.63) is 0 Å². The molecular weight excluding hydrogens is 250 g/mol. The van der Waals surface area contributed by atoms with Gasteiger partial charge in [0.1, 0.15) is 0 Å². The van der Waals surface area contributed by atoms with Crippen LogP contribution in [0.5, 0.6) is 0 Å². The number of hydrogen-bond acceptors (Lipinski definition) is 3. The lowest BCUT2D eigenvalue weighted by atomic mass is 9.99. The van der Waals surface area contributed by atoms with Crippen LogP contribution in [0.3, 0.4) is 0 Å². The summed E-state index contributed by atoms with van der Waals surface area (Å²) in [6, 6.07) is -0.403. The predicted octanol–water partition coefficient (Wildman–Crippen LogP) is 0.455. The van der Waals surface area contributed by atoms with E-state index in [1.54, 1.807) is 13.8 Å². The van der Waals surface area contributed by atoms with Gasteiger partial charge in [-0.05, 0) is 27.2 Å². The number of rotatable bonds is 8. The van der Waals surface area contributed by atoms with E-state index in [0.29, 0.717) is 13.0 Å². The third kappa shape index (κ3) is 9.87. The smallest absolute Gasteiger partial charge is 0.315 e. The van der Waals surface area contributed by atoms with E-state index in [1.807, 2.05) is 6.92 Å². The van der Waals surface area contributed by atoms with Crippen LogP contribution in [-0.2, 0) is 9.59 Å². The van der Waals surface area contributed by atoms with Crippen molar-refractivity contribution >= 4 is 17.9 Å². The van der Waals surface area contributed by atoms with Gasteiger partial charge in [0.15, 0.2) is 0 Å². The fourth-order valence-electron chi connectivity index (χ4n) is 1.41. The molecule has 0 saturated heterocycles. The first kappa shape index (κ1) is 17.2. The fourth-order valence-corrected chi connectivity index (χ4v) is 1.41. The summed E-state index contributed by atoms with van der Waals surface area (Å²) in [6.07, 6.45) is 0.551. The van der Waals surface area contributed by atoms with Crippen LogP contribution in [0.2, 0.25) is 0 Å². The number of amides is 3. The molecule has 0 radical (unpaired) electrons. The normalized spacial score (nSPS) is 10.7. The van der Waals surface area contributed by atoms with Crippen molar-refractivity contribution in [2.75, 3.05) is 13.1 Å². The average Bonchev–Trinajstić information content (AvgIpc) is 2.26. The highest BCUT2D eigenvalue weighted by Gasteiger charge is 2.21. The van der Waals surface area contributed by atoms with E-state index >= 15 is 0 Å². The monoisotopic (exact) mass is 273 g/mol. The Morgan fingerprint density at radius 1 is 1.11 bits per heavy atom. The molecule has 0 aliphatic rings. The Hall–Kier alpha value is -1.79. The van der Waals surface area contributed by atoms with Gasteiger partial charge in [0.05, 0.1) is 0 Å². The van der Waals surface area contributed by atoms with Gasteiger partial charge < -0.3 is 21.1 Å². The third-order valence-electron chi connectivity index (χ3n) is 2.43. The first-order chi connectivity index (χ1) is 8.76. The summed E-state index contributed by atoms with van der Waals surface area (Å²) in [5, 5.41) is 16.4. The highest BCUT2D eigenvalue weighted by atomic mass is 16.4. The van der Waals surface area contributed by atoms with Crippen LogP contribution in [0.25, 0.3) is 0 Å². The minimum Gasteiger partial charge on any atom is -0.481 e. The van der Waals surface area contributed by atoms with Crippen LogP contribution >= 0.6 is 0 Å². The highest BCUT2D eigenvalue weighted by Crippen LogP contribution is 2.10. The zero-order chi connectivity index (χ0) is 14.9. The van der Waals surface area contributed by atoms with Crippen molar-refractivity contribution < 1.29 is 19.5 Å². The lowest BCUT2D eigenvalue weighted by Crippen LogP contribution is -2.49. The Bertz CT molecular complexity index is 329. The molecule has 4 N–H and O–H groups in total. The van der Waals surface area contributed by atoms with E-state index in [-0.39, 0.29) is 25.3 Å². The van der Waals surface area contributed by atoms with Crippen LogP contribution in [0.1, 0.15) is 40.0 Å². The summed E-state index contributed by atoms with van der Waals surface area (Å²) in [5.41, 5.74) is -0.603. The van der Waals surface area contributed by atoms with Gasteiger partial charge in [-0.25, -0.2) is 4.79 Å². The number of hydrogen-bond donors (Lipinski definition) is 4. The quantitative estimate of drug-likeness (QED) is 0.515. The largest absolute Gasteiger partial charge is 0.481 e. The van der Waals surface area contributed by atoms with E-state index in [4.69, 9.17) is 5.11 Å². The van der Waals surface area contributed by atoms with Crippen LogP contribution in [0.4, 0.5) is 4.79 Å². The summed E-state index contributed by atoms with van der Waals surface area (Å²) >= 11 is 0. The number of aliphatic carboxylic acids is 1. The van der Waals surface area contributed by atoms with Crippen LogP contribution in [0.15, 0.2) is 0 Å². The summed E-state index contributed by atoms with van der Waals surface area (Å²) in [5.74, 6) is -1.01. The molecule has 0 spiro atoms. The maximum atomic E-state index is 11.5. The molecule has 0 atom stereocenters. The number of carboxylic acid groups (broad SMARTS) is 1. The summed E-state index contributed by atoms with van der Waals surface area (Å²) in [6.45, 7) is 6.13. The van der Waals surface area contributed by atoms with E-state index in [0.717, 1.165) is 0 Å². The van der Waals surface area contributed by atoms with Gasteiger partial charge in [-0.2, -0.15) is 0 Å². The Kier molecular flexibility index (Phi) is 7.55. The Morgan fingerprint density at radius 2 is 1.74 bits per heavy atom. The lowest BCUT2D eigenvalue weighted by molar-refractivity contribution is -0.137. The molecule has 0 aliphatic carbocycles. The molecule has 0 bridgehead atoms. The van der Waals surface area contributed by atoms with Crippen molar-refractivity contribution in [3.8, 4) is 0 Å². The molecular formula is C12H23N3O4. The van der Waals surface area contributed by atoms with Gasteiger partial charge in [-0.3, -0.25) is 9.59 Å². The lowest BCUT2D eigenvalue weighted by Gasteiger charge is -2.25. The molecule has 3 amide bonds. The molecule has 0 fully saturated rings. The van der Waals surface area contributed by atoms with Gasteiger partial charge in [0.2, 0.25) is 5.91 Å². The molecule has 19 heavy (non-hydrogen) atoms. The molecule has 7 nitrogen and oxygen atoms in total. The first-order valence-corrected chi connectivity index (χ1v) is 6.31. The molecule has 0 unspecified atom stereocenters. The number of carbonyl (C=O) groups excluding carboxylic acids is 2. The van der Waals surface area contributed by atoms with Crippen molar-refractivity contribution in [1.82, 2.24) is 16.0 Å². The van der Waals surface area contributed by atoms with Gasteiger partial charge in [-0.15, -0.1) is 0 Å². The molecule has 0 heterocycles. The van der Waals surface area contributed by atoms with Gasteiger partial charge in [0, 0.05) is 31.5 Å². The summed E-state index contributed by atoms with van der Waals surface area (Å²) < 4.78 is 0. The Balaban J connectivity index is 3.89. The maximum Gasteiger partial charge on any atom is 0.315 e. The first-order valence-electron chi connectivity index (χ1n) is 6.31. The zero-order valence-corrected chi connectivity index (χ0v) is 11.7. The second kappa shape index (κ2) is 8.34. The standard InChI is InChI=1S/C12H23N3O4/c1-4-13-9(16)6-8-14-11(19)15-12(2,3)7-5-10(17)18/h4-8H2,1-3H3,(H,13,16)(H,17,18)(H2,14,15,19). The molecule has 0 saturated carbocycles. The van der Waals surface area contributed by atoms with Crippen molar-refractivity contribution in [2.24, 2.45) is 0 Å². The second-order valence-corrected chi connectivity index (χ2v) is 4.86. The van der Waals surface area contributed by atoms with E-state index in [2.05, 4.69) is 16.0 Å². The zero-order valence-electron chi connectivity index (χ0n) is 11.7. The Morgan fingerprint density at radius 3 is 2.26 bits per heavy atom. The molecule has 0 aromatic heterocycles. The maximum absolute atomic E-state index is 11.5. The highest BCUT2D eigenvalue weighted by molar-refractivity contribution is 5.78. The van der Waals surface area contributed by atoms with Crippen LogP contribution < -0.4 is 16.0 Å². The number of urea groups is 1.